The summed E-state index contributed by atoms with van der Waals surface area (Å²) in [6, 6.07) is 20.8. The monoisotopic (exact) mass is 575 g/mol. The smallest absolute Gasteiger partial charge is 0.323 e. The maximum atomic E-state index is 13.5. The zero-order valence-corrected chi connectivity index (χ0v) is 24.3. The van der Waals surface area contributed by atoms with Gasteiger partial charge >= 0.3 is 6.03 Å². The van der Waals surface area contributed by atoms with Crippen LogP contribution in [-0.2, 0) is 4.74 Å². The van der Waals surface area contributed by atoms with Gasteiger partial charge in [-0.1, -0.05) is 12.1 Å². The van der Waals surface area contributed by atoms with Crippen LogP contribution in [0.4, 0.5) is 27.5 Å². The van der Waals surface area contributed by atoms with Crippen LogP contribution in [0.3, 0.4) is 0 Å². The SMILES string of the molecule is COc1ccccc1N1CCN(c2ccc(NC(=O)Nc3ccc(SC)cc3)cc2C(=O)NCC2CCCO2)CC1. The quantitative estimate of drug-likeness (QED) is 0.298. The van der Waals surface area contributed by atoms with Crippen molar-refractivity contribution >= 4 is 46.4 Å². The Hall–Kier alpha value is -3.89. The number of piperazine rings is 1. The maximum absolute atomic E-state index is 13.5. The number of amides is 3. The van der Waals surface area contributed by atoms with Gasteiger partial charge in [-0.15, -0.1) is 11.8 Å². The molecule has 0 aromatic heterocycles. The Kier molecular flexibility index (Phi) is 9.53. The van der Waals surface area contributed by atoms with Crippen LogP contribution in [0.5, 0.6) is 5.75 Å². The minimum Gasteiger partial charge on any atom is -0.495 e. The lowest BCUT2D eigenvalue weighted by Crippen LogP contribution is -2.47. The minimum absolute atomic E-state index is 0.0383. The maximum Gasteiger partial charge on any atom is 0.323 e. The van der Waals surface area contributed by atoms with Crippen molar-refractivity contribution in [3.05, 3.63) is 72.3 Å². The van der Waals surface area contributed by atoms with E-state index in [1.54, 1.807) is 24.9 Å². The first-order valence-electron chi connectivity index (χ1n) is 13.9. The van der Waals surface area contributed by atoms with E-state index in [-0.39, 0.29) is 18.0 Å². The van der Waals surface area contributed by atoms with Crippen LogP contribution < -0.4 is 30.5 Å². The highest BCUT2D eigenvalue weighted by Gasteiger charge is 2.25. The lowest BCUT2D eigenvalue weighted by Gasteiger charge is -2.38. The standard InChI is InChI=1S/C31H37N5O4S/c1-39-29-8-4-3-7-28(29)36-17-15-35(16-18-36)27-14-11-23(20-26(27)30(37)32-21-24-6-5-19-40-24)34-31(38)33-22-9-12-25(41-2)13-10-22/h3-4,7-14,20,24H,5-6,15-19,21H2,1-2H3,(H,32,37)(H2,33,34,38). The van der Waals surface area contributed by atoms with E-state index in [9.17, 15) is 9.59 Å². The molecule has 41 heavy (non-hydrogen) atoms. The number of urea groups is 1. The zero-order chi connectivity index (χ0) is 28.6. The second-order valence-electron chi connectivity index (χ2n) is 10.0. The molecule has 1 unspecified atom stereocenters. The predicted octanol–water partition coefficient (Wildman–Crippen LogP) is 5.30. The lowest BCUT2D eigenvalue weighted by molar-refractivity contribution is 0.0858. The van der Waals surface area contributed by atoms with E-state index in [1.165, 1.54) is 0 Å². The molecule has 2 aliphatic rings. The fourth-order valence-electron chi connectivity index (χ4n) is 5.23. The van der Waals surface area contributed by atoms with Crippen LogP contribution >= 0.6 is 11.8 Å². The number of para-hydroxylation sites is 2. The summed E-state index contributed by atoms with van der Waals surface area (Å²) in [5.41, 5.74) is 3.67. The van der Waals surface area contributed by atoms with E-state index in [2.05, 4.69) is 31.8 Å². The number of methoxy groups -OCH3 is 1. The Morgan fingerprint density at radius 3 is 2.29 bits per heavy atom. The molecule has 2 fully saturated rings. The molecule has 3 amide bonds. The van der Waals surface area contributed by atoms with Gasteiger partial charge in [0.1, 0.15) is 5.75 Å². The predicted molar refractivity (Wildman–Crippen MR) is 166 cm³/mol. The highest BCUT2D eigenvalue weighted by atomic mass is 32.2. The number of ether oxygens (including phenoxy) is 2. The van der Waals surface area contributed by atoms with Gasteiger partial charge in [-0.2, -0.15) is 0 Å². The number of benzene rings is 3. The van der Waals surface area contributed by atoms with Crippen molar-refractivity contribution in [3.8, 4) is 5.75 Å². The third kappa shape index (κ3) is 7.25. The number of nitrogens with one attached hydrogen (secondary N) is 3. The van der Waals surface area contributed by atoms with Crippen molar-refractivity contribution < 1.29 is 19.1 Å². The van der Waals surface area contributed by atoms with Crippen molar-refractivity contribution in [1.29, 1.82) is 0 Å². The summed E-state index contributed by atoms with van der Waals surface area (Å²) in [6.45, 7) is 4.25. The van der Waals surface area contributed by atoms with Crippen LogP contribution in [-0.4, -0.2) is 70.7 Å². The summed E-state index contributed by atoms with van der Waals surface area (Å²) in [5.74, 6) is 0.670. The Morgan fingerprint density at radius 2 is 1.61 bits per heavy atom. The van der Waals surface area contributed by atoms with Crippen LogP contribution in [0, 0.1) is 0 Å². The van der Waals surface area contributed by atoms with E-state index < -0.39 is 0 Å². The van der Waals surface area contributed by atoms with Gasteiger partial charge in [-0.3, -0.25) is 4.79 Å². The topological polar surface area (TPSA) is 95.2 Å². The van der Waals surface area contributed by atoms with E-state index in [0.29, 0.717) is 23.5 Å². The van der Waals surface area contributed by atoms with Crippen molar-refractivity contribution in [3.63, 3.8) is 0 Å². The van der Waals surface area contributed by atoms with Gasteiger partial charge in [0.2, 0.25) is 0 Å². The molecule has 3 N–H and O–H groups in total. The normalized spacial score (nSPS) is 16.8. The van der Waals surface area contributed by atoms with E-state index in [1.807, 2.05) is 60.9 Å². The molecular formula is C31H37N5O4S. The molecule has 0 radical (unpaired) electrons. The molecule has 0 spiro atoms. The summed E-state index contributed by atoms with van der Waals surface area (Å²) in [7, 11) is 1.69. The fourth-order valence-corrected chi connectivity index (χ4v) is 5.63. The number of thioether (sulfide) groups is 1. The second-order valence-corrected chi connectivity index (χ2v) is 10.9. The average Bonchev–Trinajstić information content (AvgIpc) is 3.54. The minimum atomic E-state index is -0.370. The van der Waals surface area contributed by atoms with Crippen molar-refractivity contribution in [2.24, 2.45) is 0 Å². The zero-order valence-electron chi connectivity index (χ0n) is 23.5. The number of hydrogen-bond donors (Lipinski definition) is 3. The molecule has 1 atom stereocenters. The van der Waals surface area contributed by atoms with Gasteiger partial charge in [0.25, 0.3) is 5.91 Å². The molecule has 0 bridgehead atoms. The molecule has 0 aliphatic carbocycles. The Bertz CT molecular complexity index is 1340. The van der Waals surface area contributed by atoms with Crippen molar-refractivity contribution in [2.75, 3.05) is 73.1 Å². The second kappa shape index (κ2) is 13.6. The fraction of sp³-hybridized carbons (Fsp3) is 0.355. The molecule has 3 aromatic rings. The van der Waals surface area contributed by atoms with Crippen LogP contribution in [0.2, 0.25) is 0 Å². The number of rotatable bonds is 9. The third-order valence-corrected chi connectivity index (χ3v) is 8.15. The van der Waals surface area contributed by atoms with Gasteiger partial charge in [0.15, 0.2) is 0 Å². The highest BCUT2D eigenvalue weighted by Crippen LogP contribution is 2.31. The number of carbonyl (C=O) groups is 2. The van der Waals surface area contributed by atoms with E-state index in [4.69, 9.17) is 9.47 Å². The van der Waals surface area contributed by atoms with E-state index >= 15 is 0 Å². The molecular weight excluding hydrogens is 538 g/mol. The number of hydrogen-bond acceptors (Lipinski definition) is 7. The number of carbonyl (C=O) groups excluding carboxylic acids is 2. The summed E-state index contributed by atoms with van der Waals surface area (Å²) >= 11 is 1.64. The van der Waals surface area contributed by atoms with Crippen molar-refractivity contribution in [1.82, 2.24) is 5.32 Å². The molecule has 10 heteroatoms. The molecule has 9 nitrogen and oxygen atoms in total. The van der Waals surface area contributed by atoms with Gasteiger partial charge in [-0.25, -0.2) is 4.79 Å². The first-order valence-corrected chi connectivity index (χ1v) is 15.2. The molecule has 2 aliphatic heterocycles. The van der Waals surface area contributed by atoms with Gasteiger partial charge in [0, 0.05) is 61.3 Å². The van der Waals surface area contributed by atoms with Crippen LogP contribution in [0.15, 0.2) is 71.6 Å². The molecule has 2 saturated heterocycles. The van der Waals surface area contributed by atoms with Gasteiger partial charge in [-0.05, 0) is 73.7 Å². The molecule has 2 heterocycles. The first-order chi connectivity index (χ1) is 20.0. The van der Waals surface area contributed by atoms with Gasteiger partial charge < -0.3 is 35.2 Å². The third-order valence-electron chi connectivity index (χ3n) is 7.41. The molecule has 3 aromatic carbocycles. The molecule has 0 saturated carbocycles. The largest absolute Gasteiger partial charge is 0.495 e. The Labute approximate surface area is 245 Å². The summed E-state index contributed by atoms with van der Waals surface area (Å²) in [4.78, 5) is 31.9. The summed E-state index contributed by atoms with van der Waals surface area (Å²) in [6.07, 6.45) is 4.00. The molecule has 216 valence electrons. The number of nitrogens with zero attached hydrogens (tertiary/aromatic N) is 2. The number of anilines is 4. The highest BCUT2D eigenvalue weighted by molar-refractivity contribution is 7.98. The van der Waals surface area contributed by atoms with Crippen LogP contribution in [0.1, 0.15) is 23.2 Å². The van der Waals surface area contributed by atoms with Crippen LogP contribution in [0.25, 0.3) is 0 Å². The van der Waals surface area contributed by atoms with Crippen molar-refractivity contribution in [2.45, 2.75) is 23.8 Å². The van der Waals surface area contributed by atoms with E-state index in [0.717, 1.165) is 67.6 Å². The summed E-state index contributed by atoms with van der Waals surface area (Å²) < 4.78 is 11.3. The Morgan fingerprint density at radius 1 is 0.927 bits per heavy atom. The average molecular weight is 576 g/mol. The molecule has 5 rings (SSSR count). The first kappa shape index (κ1) is 28.6. The lowest BCUT2D eigenvalue weighted by atomic mass is 10.1. The summed E-state index contributed by atoms with van der Waals surface area (Å²) in [5, 5.41) is 8.79. The van der Waals surface area contributed by atoms with Gasteiger partial charge in [0.05, 0.1) is 24.5 Å². The Balaban J connectivity index is 1.30.